The van der Waals surface area contributed by atoms with Crippen LogP contribution in [0, 0.1) is 6.92 Å². The lowest BCUT2D eigenvalue weighted by Crippen LogP contribution is -2.51. The van der Waals surface area contributed by atoms with Gasteiger partial charge in [-0.3, -0.25) is 14.4 Å². The summed E-state index contributed by atoms with van der Waals surface area (Å²) in [6, 6.07) is 12.4. The second-order valence-corrected chi connectivity index (χ2v) is 11.6. The average Bonchev–Trinajstić information content (AvgIpc) is 3.56. The number of carbonyl (C=O) groups excluding carboxylic acids is 2. The highest BCUT2D eigenvalue weighted by atomic mass is 16.6. The molecule has 2 aliphatic heterocycles. The summed E-state index contributed by atoms with van der Waals surface area (Å²) in [4.78, 5) is 30.2. The van der Waals surface area contributed by atoms with Gasteiger partial charge in [-0.25, -0.2) is 9.59 Å². The van der Waals surface area contributed by atoms with Gasteiger partial charge in [-0.2, -0.15) is 0 Å². The van der Waals surface area contributed by atoms with Crippen molar-refractivity contribution in [2.45, 2.75) is 64.8 Å². The van der Waals surface area contributed by atoms with Gasteiger partial charge in [0, 0.05) is 42.8 Å². The van der Waals surface area contributed by atoms with Crippen molar-refractivity contribution in [2.24, 2.45) is 0 Å². The first kappa shape index (κ1) is 27.2. The number of nitrogens with zero attached hydrogens (tertiary/aromatic N) is 3. The average molecular weight is 534 g/mol. The zero-order valence-corrected chi connectivity index (χ0v) is 23.8. The van der Waals surface area contributed by atoms with E-state index in [1.54, 1.807) is 17.9 Å². The van der Waals surface area contributed by atoms with Crippen LogP contribution >= 0.6 is 0 Å². The summed E-state index contributed by atoms with van der Waals surface area (Å²) in [5, 5.41) is 0.992. The first-order valence-electron chi connectivity index (χ1n) is 13.7. The Morgan fingerprint density at radius 1 is 1.03 bits per heavy atom. The monoisotopic (exact) mass is 533 g/mol. The van der Waals surface area contributed by atoms with E-state index in [9.17, 15) is 9.59 Å². The Balaban J connectivity index is 1.54. The molecule has 2 aliphatic rings. The van der Waals surface area contributed by atoms with Crippen LogP contribution in [0.4, 0.5) is 4.79 Å². The Hall–Kier alpha value is -3.36. The molecule has 2 unspecified atom stereocenters. The molecule has 2 fully saturated rings. The van der Waals surface area contributed by atoms with Gasteiger partial charge in [0.2, 0.25) is 0 Å². The number of hydrogen-bond donors (Lipinski definition) is 0. The maximum Gasteiger partial charge on any atom is 0.419 e. The molecule has 0 amide bonds. The van der Waals surface area contributed by atoms with Crippen LogP contribution in [0.3, 0.4) is 0 Å². The fourth-order valence-electron chi connectivity index (χ4n) is 6.25. The van der Waals surface area contributed by atoms with E-state index in [2.05, 4.69) is 21.9 Å². The van der Waals surface area contributed by atoms with Crippen LogP contribution in [0.15, 0.2) is 42.6 Å². The van der Waals surface area contributed by atoms with Gasteiger partial charge in [0.1, 0.15) is 11.4 Å². The van der Waals surface area contributed by atoms with Crippen LogP contribution in [-0.2, 0) is 16.0 Å². The lowest BCUT2D eigenvalue weighted by Gasteiger charge is -2.45. The molecule has 208 valence electrons. The molecular weight excluding hydrogens is 494 g/mol. The van der Waals surface area contributed by atoms with E-state index in [0.717, 1.165) is 53.8 Å². The highest BCUT2D eigenvalue weighted by Crippen LogP contribution is 2.40. The number of rotatable bonds is 5. The lowest BCUT2D eigenvalue weighted by molar-refractivity contribution is 0.0363. The van der Waals surface area contributed by atoms with Gasteiger partial charge in [-0.1, -0.05) is 12.1 Å². The number of esters is 1. The van der Waals surface area contributed by atoms with Gasteiger partial charge in [0.15, 0.2) is 0 Å². The number of ether oxygens (including phenoxy) is 3. The van der Waals surface area contributed by atoms with E-state index in [4.69, 9.17) is 14.2 Å². The summed E-state index contributed by atoms with van der Waals surface area (Å²) in [6.07, 6.45) is 3.73. The predicted molar refractivity (Wildman–Crippen MR) is 150 cm³/mol. The van der Waals surface area contributed by atoms with Crippen LogP contribution in [-0.4, -0.2) is 71.9 Å². The fraction of sp³-hybridized carbons (Fsp3) is 0.484. The molecule has 0 spiro atoms. The van der Waals surface area contributed by atoms with Crippen molar-refractivity contribution in [3.05, 3.63) is 64.8 Å². The molecule has 8 heteroatoms. The third kappa shape index (κ3) is 5.28. The van der Waals surface area contributed by atoms with E-state index in [0.29, 0.717) is 18.2 Å². The molecule has 2 aromatic carbocycles. The fourth-order valence-corrected chi connectivity index (χ4v) is 6.25. The van der Waals surface area contributed by atoms with E-state index in [1.807, 2.05) is 52.0 Å². The van der Waals surface area contributed by atoms with Crippen molar-refractivity contribution in [3.8, 4) is 5.75 Å². The maximum absolute atomic E-state index is 13.1. The summed E-state index contributed by atoms with van der Waals surface area (Å²) in [7, 11) is 3.11. The Morgan fingerprint density at radius 2 is 1.77 bits per heavy atom. The maximum atomic E-state index is 13.1. The highest BCUT2D eigenvalue weighted by Gasteiger charge is 2.40. The molecule has 0 aliphatic carbocycles. The summed E-state index contributed by atoms with van der Waals surface area (Å²) >= 11 is 0. The SMILES string of the molecule is COC(=O)c1ccc(C2C3CCCN3CCN2Cc2c(OC)cc(C)c3c2ccn3C(=O)OC(C)(C)C)cc1. The van der Waals surface area contributed by atoms with E-state index in [1.165, 1.54) is 19.1 Å². The Bertz CT molecular complexity index is 1370. The second-order valence-electron chi connectivity index (χ2n) is 11.6. The number of benzene rings is 2. The minimum atomic E-state index is -0.589. The van der Waals surface area contributed by atoms with E-state index in [-0.39, 0.29) is 18.1 Å². The number of aromatic nitrogens is 1. The van der Waals surface area contributed by atoms with Crippen molar-refractivity contribution in [2.75, 3.05) is 33.9 Å². The molecule has 2 atom stereocenters. The van der Waals surface area contributed by atoms with Crippen molar-refractivity contribution >= 4 is 23.0 Å². The van der Waals surface area contributed by atoms with Crippen molar-refractivity contribution in [1.29, 1.82) is 0 Å². The predicted octanol–water partition coefficient (Wildman–Crippen LogP) is 5.55. The normalized spacial score (nSPS) is 20.2. The summed E-state index contributed by atoms with van der Waals surface area (Å²) in [5.41, 5.74) is 4.01. The molecule has 0 bridgehead atoms. The second kappa shape index (κ2) is 10.7. The Labute approximate surface area is 230 Å². The van der Waals surface area contributed by atoms with Crippen LogP contribution < -0.4 is 4.74 Å². The van der Waals surface area contributed by atoms with Gasteiger partial charge in [-0.05, 0) is 82.5 Å². The molecule has 2 saturated heterocycles. The van der Waals surface area contributed by atoms with E-state index < -0.39 is 5.60 Å². The topological polar surface area (TPSA) is 73.2 Å². The number of carbonyl (C=O) groups is 2. The van der Waals surface area contributed by atoms with Gasteiger partial charge >= 0.3 is 12.1 Å². The Morgan fingerprint density at radius 3 is 2.44 bits per heavy atom. The lowest BCUT2D eigenvalue weighted by atomic mass is 9.92. The molecule has 3 aromatic rings. The first-order valence-corrected chi connectivity index (χ1v) is 13.7. The van der Waals surface area contributed by atoms with Crippen LogP contribution in [0.2, 0.25) is 0 Å². The summed E-state index contributed by atoms with van der Waals surface area (Å²) in [6.45, 7) is 11.3. The van der Waals surface area contributed by atoms with Crippen molar-refractivity contribution in [1.82, 2.24) is 14.4 Å². The van der Waals surface area contributed by atoms with Crippen LogP contribution in [0.5, 0.6) is 5.75 Å². The smallest absolute Gasteiger partial charge is 0.419 e. The van der Waals surface area contributed by atoms with E-state index >= 15 is 0 Å². The standard InChI is InChI=1S/C31H39N3O5/c1-20-18-26(37-5)24(23-13-15-34(27(20)23)30(36)39-31(2,3)4)19-33-17-16-32-14-7-8-25(32)28(33)21-9-11-22(12-10-21)29(35)38-6/h9-13,15,18,25,28H,7-8,14,16-17,19H2,1-6H3. The molecule has 0 radical (unpaired) electrons. The quantitative estimate of drug-likeness (QED) is 0.398. The van der Waals surface area contributed by atoms with Crippen LogP contribution in [0.25, 0.3) is 10.9 Å². The molecule has 5 rings (SSSR count). The highest BCUT2D eigenvalue weighted by molar-refractivity contribution is 5.95. The molecule has 0 saturated carbocycles. The van der Waals surface area contributed by atoms with Gasteiger partial charge in [0.05, 0.1) is 31.3 Å². The molecule has 8 nitrogen and oxygen atoms in total. The number of methoxy groups -OCH3 is 2. The molecule has 0 N–H and O–H groups in total. The molecule has 3 heterocycles. The molecular formula is C31H39N3O5. The third-order valence-electron chi connectivity index (χ3n) is 7.92. The molecule has 39 heavy (non-hydrogen) atoms. The third-order valence-corrected chi connectivity index (χ3v) is 7.92. The summed E-state index contributed by atoms with van der Waals surface area (Å²) < 4.78 is 18.1. The van der Waals surface area contributed by atoms with Crippen molar-refractivity contribution < 1.29 is 23.8 Å². The van der Waals surface area contributed by atoms with Gasteiger partial charge in [0.25, 0.3) is 0 Å². The first-order chi connectivity index (χ1) is 18.6. The number of fused-ring (bicyclic) bond motifs is 2. The zero-order chi connectivity index (χ0) is 27.9. The van der Waals surface area contributed by atoms with Gasteiger partial charge in [-0.15, -0.1) is 0 Å². The largest absolute Gasteiger partial charge is 0.496 e. The van der Waals surface area contributed by atoms with Crippen LogP contribution in [0.1, 0.15) is 66.7 Å². The Kier molecular flexibility index (Phi) is 7.44. The number of aryl methyl sites for hydroxylation is 1. The van der Waals surface area contributed by atoms with Crippen molar-refractivity contribution in [3.63, 3.8) is 0 Å². The minimum absolute atomic E-state index is 0.168. The number of piperazine rings is 1. The number of hydrogen-bond acceptors (Lipinski definition) is 7. The minimum Gasteiger partial charge on any atom is -0.496 e. The van der Waals surface area contributed by atoms with Gasteiger partial charge < -0.3 is 14.2 Å². The molecule has 1 aromatic heterocycles. The zero-order valence-electron chi connectivity index (χ0n) is 23.8. The summed E-state index contributed by atoms with van der Waals surface area (Å²) in [5.74, 6) is 0.487.